The second-order valence-electron chi connectivity index (χ2n) is 2.54. The van der Waals surface area contributed by atoms with Gasteiger partial charge in [-0.3, -0.25) is 0 Å². The van der Waals surface area contributed by atoms with Crippen molar-refractivity contribution in [2.24, 2.45) is 5.16 Å². The number of hydrogen-bond donors (Lipinski definition) is 0. The Balaban J connectivity index is 2.77. The number of ether oxygens (including phenoxy) is 2. The van der Waals surface area contributed by atoms with Gasteiger partial charge in [0.05, 0.1) is 13.2 Å². The maximum atomic E-state index is 11.5. The SMILES string of the molecule is CCOC(=O)C(=NOC)C1=CSCCO1. The third-order valence-electron chi connectivity index (χ3n) is 1.53. The second-order valence-corrected chi connectivity index (χ2v) is 3.52. The molecule has 0 bridgehead atoms. The summed E-state index contributed by atoms with van der Waals surface area (Å²) < 4.78 is 10.1. The van der Waals surface area contributed by atoms with Crippen molar-refractivity contribution in [3.63, 3.8) is 0 Å². The van der Waals surface area contributed by atoms with Crippen molar-refractivity contribution in [2.75, 3.05) is 26.1 Å². The molecule has 0 saturated heterocycles. The molecule has 0 saturated carbocycles. The zero-order valence-electron chi connectivity index (χ0n) is 8.69. The number of esters is 1. The van der Waals surface area contributed by atoms with Gasteiger partial charge in [-0.2, -0.15) is 0 Å². The van der Waals surface area contributed by atoms with Gasteiger partial charge in [0.15, 0.2) is 5.76 Å². The van der Waals surface area contributed by atoms with Crippen LogP contribution in [0.3, 0.4) is 0 Å². The van der Waals surface area contributed by atoms with Crippen LogP contribution in [0.5, 0.6) is 0 Å². The lowest BCUT2D eigenvalue weighted by atomic mass is 10.3. The molecule has 0 N–H and O–H groups in total. The lowest BCUT2D eigenvalue weighted by Crippen LogP contribution is -2.23. The zero-order chi connectivity index (χ0) is 11.1. The minimum atomic E-state index is -0.534. The highest BCUT2D eigenvalue weighted by molar-refractivity contribution is 8.02. The standard InChI is InChI=1S/C9H13NO4S/c1-3-13-9(11)8(10-12-2)7-6-15-5-4-14-7/h6H,3-5H2,1-2H3. The van der Waals surface area contributed by atoms with Crippen molar-refractivity contribution in [3.05, 3.63) is 11.2 Å². The molecule has 0 aromatic rings. The molecule has 0 amide bonds. The Morgan fingerprint density at radius 3 is 3.07 bits per heavy atom. The normalized spacial score (nSPS) is 16.4. The van der Waals surface area contributed by atoms with E-state index in [1.165, 1.54) is 7.11 Å². The zero-order valence-corrected chi connectivity index (χ0v) is 9.50. The number of thioether (sulfide) groups is 1. The third-order valence-corrected chi connectivity index (χ3v) is 2.32. The second kappa shape index (κ2) is 6.34. The van der Waals surface area contributed by atoms with E-state index in [-0.39, 0.29) is 5.71 Å². The Hall–Kier alpha value is -1.17. The van der Waals surface area contributed by atoms with Crippen LogP contribution in [0.4, 0.5) is 0 Å². The molecular weight excluding hydrogens is 218 g/mol. The van der Waals surface area contributed by atoms with Gasteiger partial charge in [-0.15, -0.1) is 11.8 Å². The van der Waals surface area contributed by atoms with Crippen LogP contribution >= 0.6 is 11.8 Å². The third kappa shape index (κ3) is 3.47. The molecule has 0 radical (unpaired) electrons. The van der Waals surface area contributed by atoms with Gasteiger partial charge in [0.25, 0.3) is 0 Å². The highest BCUT2D eigenvalue weighted by Crippen LogP contribution is 2.17. The van der Waals surface area contributed by atoms with Gasteiger partial charge in [0.2, 0.25) is 5.71 Å². The first-order valence-electron chi connectivity index (χ1n) is 4.52. The van der Waals surface area contributed by atoms with E-state index in [1.807, 2.05) is 0 Å². The van der Waals surface area contributed by atoms with Crippen molar-refractivity contribution < 1.29 is 19.1 Å². The van der Waals surface area contributed by atoms with Crippen molar-refractivity contribution >= 4 is 23.4 Å². The van der Waals surface area contributed by atoms with Gasteiger partial charge < -0.3 is 14.3 Å². The van der Waals surface area contributed by atoms with Gasteiger partial charge in [0, 0.05) is 11.2 Å². The Bertz CT molecular complexity index is 288. The largest absolute Gasteiger partial charge is 0.489 e. The molecule has 0 atom stereocenters. The minimum Gasteiger partial charge on any atom is -0.489 e. The first-order chi connectivity index (χ1) is 7.29. The summed E-state index contributed by atoms with van der Waals surface area (Å²) in [5.41, 5.74) is 0.0755. The monoisotopic (exact) mass is 231 g/mol. The summed E-state index contributed by atoms with van der Waals surface area (Å²) in [5.74, 6) is 0.742. The van der Waals surface area contributed by atoms with Crippen LogP contribution in [0.1, 0.15) is 6.92 Å². The molecule has 1 rings (SSSR count). The van der Waals surface area contributed by atoms with E-state index in [0.717, 1.165) is 5.75 Å². The van der Waals surface area contributed by atoms with Crippen LogP contribution in [0, 0.1) is 0 Å². The number of oxime groups is 1. The maximum Gasteiger partial charge on any atom is 0.364 e. The molecule has 5 nitrogen and oxygen atoms in total. The van der Waals surface area contributed by atoms with E-state index >= 15 is 0 Å². The maximum absolute atomic E-state index is 11.5. The van der Waals surface area contributed by atoms with Crippen LogP contribution < -0.4 is 0 Å². The van der Waals surface area contributed by atoms with E-state index < -0.39 is 5.97 Å². The van der Waals surface area contributed by atoms with E-state index in [1.54, 1.807) is 24.1 Å². The van der Waals surface area contributed by atoms with Crippen LogP contribution in [0.25, 0.3) is 0 Å². The fraction of sp³-hybridized carbons (Fsp3) is 0.556. The van der Waals surface area contributed by atoms with Gasteiger partial charge in [-0.05, 0) is 6.92 Å². The number of rotatable bonds is 4. The van der Waals surface area contributed by atoms with Gasteiger partial charge in [-0.25, -0.2) is 4.79 Å². The fourth-order valence-electron chi connectivity index (χ4n) is 0.966. The van der Waals surface area contributed by atoms with Crippen LogP contribution in [-0.4, -0.2) is 37.8 Å². The molecule has 0 aromatic carbocycles. The molecule has 0 aromatic heterocycles. The number of nitrogens with zero attached hydrogens (tertiary/aromatic N) is 1. The topological polar surface area (TPSA) is 57.1 Å². The van der Waals surface area contributed by atoms with Crippen LogP contribution in [-0.2, 0) is 19.1 Å². The van der Waals surface area contributed by atoms with Crippen molar-refractivity contribution in [3.8, 4) is 0 Å². The molecular formula is C9H13NO4S. The molecule has 1 heterocycles. The van der Waals surface area contributed by atoms with E-state index in [4.69, 9.17) is 9.47 Å². The lowest BCUT2D eigenvalue weighted by Gasteiger charge is -2.14. The summed E-state index contributed by atoms with van der Waals surface area (Å²) in [7, 11) is 1.37. The smallest absolute Gasteiger partial charge is 0.364 e. The van der Waals surface area contributed by atoms with Crippen LogP contribution in [0.2, 0.25) is 0 Å². The van der Waals surface area contributed by atoms with Crippen molar-refractivity contribution in [1.29, 1.82) is 0 Å². The fourth-order valence-corrected chi connectivity index (χ4v) is 1.59. The predicted octanol–water partition coefficient (Wildman–Crippen LogP) is 1.16. The first-order valence-corrected chi connectivity index (χ1v) is 5.57. The minimum absolute atomic E-state index is 0.0755. The Kier molecular flexibility index (Phi) is 5.03. The van der Waals surface area contributed by atoms with E-state index in [2.05, 4.69) is 9.99 Å². The molecule has 0 fully saturated rings. The summed E-state index contributed by atoms with van der Waals surface area (Å²) in [6.45, 7) is 2.58. The van der Waals surface area contributed by atoms with Gasteiger partial charge >= 0.3 is 5.97 Å². The van der Waals surface area contributed by atoms with Crippen LogP contribution in [0.15, 0.2) is 16.3 Å². The molecule has 0 aliphatic carbocycles. The lowest BCUT2D eigenvalue weighted by molar-refractivity contribution is -0.135. The Morgan fingerprint density at radius 2 is 2.53 bits per heavy atom. The summed E-state index contributed by atoms with van der Waals surface area (Å²) in [4.78, 5) is 16.1. The number of carbonyl (C=O) groups excluding carboxylic acids is 1. The number of hydrogen-bond acceptors (Lipinski definition) is 6. The average Bonchev–Trinajstić information content (AvgIpc) is 2.27. The van der Waals surface area contributed by atoms with E-state index in [0.29, 0.717) is 19.0 Å². The first kappa shape index (κ1) is 11.9. The summed E-state index contributed by atoms with van der Waals surface area (Å²) in [6, 6.07) is 0. The molecule has 1 aliphatic heterocycles. The molecule has 84 valence electrons. The Labute approximate surface area is 92.4 Å². The van der Waals surface area contributed by atoms with E-state index in [9.17, 15) is 4.79 Å². The molecule has 1 aliphatic rings. The van der Waals surface area contributed by atoms with Crippen molar-refractivity contribution in [1.82, 2.24) is 0 Å². The highest BCUT2D eigenvalue weighted by Gasteiger charge is 2.22. The van der Waals surface area contributed by atoms with Gasteiger partial charge in [0.1, 0.15) is 7.11 Å². The van der Waals surface area contributed by atoms with Gasteiger partial charge in [-0.1, -0.05) is 5.16 Å². The quantitative estimate of drug-likeness (QED) is 0.413. The number of carbonyl (C=O) groups is 1. The molecule has 0 spiro atoms. The molecule has 6 heteroatoms. The van der Waals surface area contributed by atoms with Crippen molar-refractivity contribution in [2.45, 2.75) is 6.92 Å². The molecule has 0 unspecified atom stereocenters. The Morgan fingerprint density at radius 1 is 1.73 bits per heavy atom. The highest BCUT2D eigenvalue weighted by atomic mass is 32.2. The summed E-state index contributed by atoms with van der Waals surface area (Å²) in [5, 5.41) is 5.34. The summed E-state index contributed by atoms with van der Waals surface area (Å²) in [6.07, 6.45) is 0. The molecule has 15 heavy (non-hydrogen) atoms. The predicted molar refractivity (Wildman–Crippen MR) is 57.6 cm³/mol. The average molecular weight is 231 g/mol. The summed E-state index contributed by atoms with van der Waals surface area (Å²) >= 11 is 1.56.